The number of halogens is 1. The number of esters is 1. The maximum absolute atomic E-state index is 14.3. The Morgan fingerprint density at radius 3 is 2.04 bits per heavy atom. The van der Waals surface area contributed by atoms with Gasteiger partial charge >= 0.3 is 5.97 Å². The first-order valence-corrected chi connectivity index (χ1v) is 12.4. The minimum absolute atomic E-state index is 0.247. The van der Waals surface area contributed by atoms with Crippen LogP contribution in [0.15, 0.2) is 84.9 Å². The van der Waals surface area contributed by atoms with E-state index in [2.05, 4.69) is 0 Å². The molecule has 0 radical (unpaired) electrons. The molecule has 0 amide bonds. The summed E-state index contributed by atoms with van der Waals surface area (Å²) in [6.07, 6.45) is -3.17. The van der Waals surface area contributed by atoms with E-state index in [9.17, 15) is 9.36 Å². The number of ether oxygens (including phenoxy) is 1. The van der Waals surface area contributed by atoms with E-state index in [0.29, 0.717) is 21.2 Å². The topological polar surface area (TPSA) is 43.4 Å². The van der Waals surface area contributed by atoms with E-state index < -0.39 is 17.6 Å². The number of benzene rings is 3. The number of hydrogen-bond acceptors (Lipinski definition) is 4. The molecule has 0 saturated carbocycles. The van der Waals surface area contributed by atoms with Gasteiger partial charge in [-0.15, -0.1) is 0 Å². The third-order valence-corrected chi connectivity index (χ3v) is 10.0. The lowest BCUT2D eigenvalue weighted by Gasteiger charge is -2.24. The second kappa shape index (κ2) is 9.47. The number of hydrogen-bond donors (Lipinski definition) is 0. The molecule has 0 spiro atoms. The Morgan fingerprint density at radius 2 is 1.54 bits per heavy atom. The van der Waals surface area contributed by atoms with Crippen molar-refractivity contribution in [3.05, 3.63) is 95.5 Å². The fourth-order valence-corrected chi connectivity index (χ4v) is 8.36. The van der Waals surface area contributed by atoms with Gasteiger partial charge in [0.2, 0.25) is 0 Å². The Hall–Kier alpha value is -2.00. The van der Waals surface area contributed by atoms with Crippen molar-refractivity contribution in [2.75, 3.05) is 6.61 Å². The Balaban J connectivity index is 2.11. The summed E-state index contributed by atoms with van der Waals surface area (Å²) in [6, 6.07) is 25.5. The first-order chi connectivity index (χ1) is 13.5. The van der Waals surface area contributed by atoms with Gasteiger partial charge in [-0.05, 0) is 24.6 Å². The van der Waals surface area contributed by atoms with Gasteiger partial charge in [0.25, 0.3) is 0 Å². The van der Waals surface area contributed by atoms with Crippen LogP contribution in [0.3, 0.4) is 0 Å². The quantitative estimate of drug-likeness (QED) is 0.361. The van der Waals surface area contributed by atoms with Crippen LogP contribution < -0.4 is 10.6 Å². The molecule has 0 N–H and O–H groups in total. The summed E-state index contributed by atoms with van der Waals surface area (Å²) >= 11 is 7.28. The molecule has 3 aromatic carbocycles. The van der Waals surface area contributed by atoms with E-state index in [1.54, 1.807) is 31.2 Å². The van der Waals surface area contributed by atoms with Crippen LogP contribution in [0.25, 0.3) is 0 Å². The highest BCUT2D eigenvalue weighted by Crippen LogP contribution is 2.62. The van der Waals surface area contributed by atoms with Crippen molar-refractivity contribution in [2.24, 2.45) is 0 Å². The van der Waals surface area contributed by atoms with Gasteiger partial charge in [0.15, 0.2) is 6.34 Å². The van der Waals surface area contributed by atoms with Crippen LogP contribution in [-0.4, -0.2) is 12.6 Å². The molecule has 3 rings (SSSR count). The summed E-state index contributed by atoms with van der Waals surface area (Å²) in [6.45, 7) is 2.00. The zero-order valence-corrected chi connectivity index (χ0v) is 17.8. The van der Waals surface area contributed by atoms with E-state index in [-0.39, 0.29) is 6.61 Å². The van der Waals surface area contributed by atoms with Crippen LogP contribution in [0, 0.1) is 0 Å². The van der Waals surface area contributed by atoms with Gasteiger partial charge in [-0.25, -0.2) is 0 Å². The molecule has 0 fully saturated rings. The van der Waals surface area contributed by atoms with E-state index in [0.717, 1.165) is 11.4 Å². The highest BCUT2D eigenvalue weighted by Gasteiger charge is 2.36. The molecule has 0 heterocycles. The van der Waals surface area contributed by atoms with E-state index in [1.807, 2.05) is 60.7 Å². The predicted octanol–water partition coefficient (Wildman–Crippen LogP) is 5.61. The molecular formula is C22H20ClO3PS. The van der Waals surface area contributed by atoms with Gasteiger partial charge < -0.3 is 9.30 Å². The Labute approximate surface area is 174 Å². The van der Waals surface area contributed by atoms with Crippen LogP contribution in [0.4, 0.5) is 0 Å². The average Bonchev–Trinajstić information content (AvgIpc) is 2.73. The summed E-state index contributed by atoms with van der Waals surface area (Å²) < 4.78 is 19.6. The van der Waals surface area contributed by atoms with Gasteiger partial charge in [0.1, 0.15) is 5.25 Å². The second-order valence-corrected chi connectivity index (χ2v) is 11.4. The molecule has 3 aromatic rings. The third kappa shape index (κ3) is 4.70. The van der Waals surface area contributed by atoms with E-state index in [1.165, 1.54) is 0 Å². The lowest BCUT2D eigenvalue weighted by molar-refractivity contribution is -0.142. The Bertz CT molecular complexity index is 936. The highest BCUT2D eigenvalue weighted by molar-refractivity contribution is 8.62. The van der Waals surface area contributed by atoms with Crippen molar-refractivity contribution in [1.29, 1.82) is 0 Å². The lowest BCUT2D eigenvalue weighted by Crippen LogP contribution is -2.19. The minimum atomic E-state index is -3.17. The monoisotopic (exact) mass is 430 g/mol. The number of rotatable bonds is 7. The zero-order chi connectivity index (χ0) is 20.0. The molecule has 0 saturated heterocycles. The third-order valence-electron chi connectivity index (χ3n) is 4.10. The summed E-state index contributed by atoms with van der Waals surface area (Å²) in [5.74, 6) is -0.429. The maximum atomic E-state index is 14.3. The molecule has 1 unspecified atom stereocenters. The summed E-state index contributed by atoms with van der Waals surface area (Å²) in [4.78, 5) is 12.8. The summed E-state index contributed by atoms with van der Waals surface area (Å²) in [7, 11) is 0. The standard InChI is InChI=1S/C22H20ClO3PS/c1-2-26-22(24)21(17-10-9-11-18(23)16-17)28-27(25,19-12-5-3-6-13-19)20-14-7-4-8-15-20/h3-16,21H,2H2,1H3. The average molecular weight is 431 g/mol. The zero-order valence-electron chi connectivity index (χ0n) is 15.3. The largest absolute Gasteiger partial charge is 0.465 e. The molecule has 3 nitrogen and oxygen atoms in total. The molecule has 0 aliphatic heterocycles. The summed E-state index contributed by atoms with van der Waals surface area (Å²) in [5.41, 5.74) is 0.669. The molecule has 0 bridgehead atoms. The minimum Gasteiger partial charge on any atom is -0.465 e. The molecule has 6 heteroatoms. The number of carbonyl (C=O) groups excluding carboxylic acids is 1. The molecule has 28 heavy (non-hydrogen) atoms. The highest BCUT2D eigenvalue weighted by atomic mass is 35.5. The van der Waals surface area contributed by atoms with E-state index >= 15 is 0 Å². The van der Waals surface area contributed by atoms with Gasteiger partial charge in [-0.2, -0.15) is 0 Å². The van der Waals surface area contributed by atoms with Crippen LogP contribution in [0.1, 0.15) is 17.7 Å². The van der Waals surface area contributed by atoms with Gasteiger partial charge in [-0.1, -0.05) is 95.8 Å². The van der Waals surface area contributed by atoms with Crippen LogP contribution in [0.5, 0.6) is 0 Å². The van der Waals surface area contributed by atoms with Crippen molar-refractivity contribution in [3.63, 3.8) is 0 Å². The Morgan fingerprint density at radius 1 is 0.964 bits per heavy atom. The van der Waals surface area contributed by atoms with Crippen molar-refractivity contribution >= 4 is 45.9 Å². The van der Waals surface area contributed by atoms with E-state index in [4.69, 9.17) is 16.3 Å². The van der Waals surface area contributed by atoms with Gasteiger partial charge in [-0.3, -0.25) is 4.79 Å². The van der Waals surface area contributed by atoms with Crippen molar-refractivity contribution < 1.29 is 14.1 Å². The van der Waals surface area contributed by atoms with Crippen LogP contribution in [0.2, 0.25) is 5.02 Å². The smallest absolute Gasteiger partial charge is 0.324 e. The summed E-state index contributed by atoms with van der Waals surface area (Å²) in [5, 5.41) is 1.12. The molecule has 1 atom stereocenters. The Kier molecular flexibility index (Phi) is 7.01. The fraction of sp³-hybridized carbons (Fsp3) is 0.136. The second-order valence-electron chi connectivity index (χ2n) is 6.02. The molecule has 144 valence electrons. The first kappa shape index (κ1) is 20.7. The van der Waals surface area contributed by atoms with Gasteiger partial charge in [0, 0.05) is 15.6 Å². The molecular weight excluding hydrogens is 411 g/mol. The lowest BCUT2D eigenvalue weighted by atomic mass is 10.1. The van der Waals surface area contributed by atoms with Crippen molar-refractivity contribution in [1.82, 2.24) is 0 Å². The van der Waals surface area contributed by atoms with Crippen molar-refractivity contribution in [2.45, 2.75) is 12.2 Å². The van der Waals surface area contributed by atoms with Crippen molar-refractivity contribution in [3.8, 4) is 0 Å². The predicted molar refractivity (Wildman–Crippen MR) is 118 cm³/mol. The van der Waals surface area contributed by atoms with Crippen LogP contribution in [-0.2, 0) is 14.1 Å². The molecule has 0 aromatic heterocycles. The molecule has 0 aliphatic rings. The maximum Gasteiger partial charge on any atom is 0.324 e. The molecule has 0 aliphatic carbocycles. The fourth-order valence-electron chi connectivity index (χ4n) is 2.80. The van der Waals surface area contributed by atoms with Gasteiger partial charge in [0.05, 0.1) is 6.61 Å². The number of carbonyl (C=O) groups is 1. The SMILES string of the molecule is CCOC(=O)C(SP(=O)(c1ccccc1)c1ccccc1)c1cccc(Cl)c1. The normalized spacial score (nSPS) is 12.4. The van der Waals surface area contributed by atoms with Crippen LogP contribution >= 0.6 is 29.3 Å². The first-order valence-electron chi connectivity index (χ1n) is 8.86.